The van der Waals surface area contributed by atoms with Crippen LogP contribution in [0.5, 0.6) is 5.75 Å². The van der Waals surface area contributed by atoms with Gasteiger partial charge in [0.05, 0.1) is 0 Å². The number of nitrogens with zero attached hydrogens (tertiary/aromatic N) is 1. The third kappa shape index (κ3) is 4.28. The molecule has 4 aromatic rings. The molecule has 0 aromatic heterocycles. The number of benzene rings is 4. The predicted molar refractivity (Wildman–Crippen MR) is 126 cm³/mol. The van der Waals surface area contributed by atoms with Crippen LogP contribution < -0.4 is 10.7 Å². The molecule has 4 aromatic carbocycles. The van der Waals surface area contributed by atoms with Gasteiger partial charge in [-0.05, 0) is 0 Å². The van der Waals surface area contributed by atoms with Crippen LogP contribution in [-0.4, -0.2) is 28.8 Å². The van der Waals surface area contributed by atoms with Gasteiger partial charge in [-0.3, -0.25) is 0 Å². The third-order valence-electron chi connectivity index (χ3n) is 4.97. The maximum atomic E-state index is 13.3. The van der Waals surface area contributed by atoms with E-state index in [1.165, 1.54) is 12.1 Å². The molecule has 0 spiro atoms. The van der Waals surface area contributed by atoms with Crippen LogP contribution in [0.2, 0.25) is 10.0 Å². The second-order valence-corrected chi connectivity index (χ2v) is 17.1. The summed E-state index contributed by atoms with van der Waals surface area (Å²) in [4.78, 5) is 13.8. The van der Waals surface area contributed by atoms with Gasteiger partial charge < -0.3 is 0 Å². The number of hydrogen-bond donors (Lipinski definition) is 1. The number of phenolic OH excluding ortho intramolecular Hbond substituents is 1. The van der Waals surface area contributed by atoms with E-state index >= 15 is 0 Å². The molecule has 0 unspecified atom stereocenters. The average Bonchev–Trinajstić information content (AvgIpc) is 2.82. The van der Waals surface area contributed by atoms with Crippen molar-refractivity contribution in [1.29, 1.82) is 0 Å². The maximum absolute atomic E-state index is 13.3. The predicted octanol–water partition coefficient (Wildman–Crippen LogP) is 4.71. The van der Waals surface area contributed by atoms with Crippen LogP contribution in [0.3, 0.4) is 0 Å². The molecule has 0 saturated heterocycles. The average molecular weight is 558 g/mol. The van der Waals surface area contributed by atoms with Crippen LogP contribution in [0.1, 0.15) is 0 Å². The molecule has 0 atom stereocenters. The zero-order valence-corrected chi connectivity index (χ0v) is 20.6. The second-order valence-electron chi connectivity index (χ2n) is 6.89. The molecule has 0 fully saturated rings. The van der Waals surface area contributed by atoms with E-state index in [9.17, 15) is 10.0 Å². The van der Waals surface area contributed by atoms with Crippen molar-refractivity contribution in [2.45, 2.75) is 0 Å². The summed E-state index contributed by atoms with van der Waals surface area (Å²) in [5.41, 5.74) is 0.108. The van der Waals surface area contributed by atoms with Crippen molar-refractivity contribution in [3.63, 3.8) is 0 Å². The third-order valence-corrected chi connectivity index (χ3v) is 16.6. The first-order valence-corrected chi connectivity index (χ1v) is 15.7. The Labute approximate surface area is 194 Å². The second kappa shape index (κ2) is 9.30. The quantitative estimate of drug-likeness (QED) is 0.276. The first-order chi connectivity index (χ1) is 15.0. The summed E-state index contributed by atoms with van der Waals surface area (Å²) in [5.74, 6) is -0.274. The Morgan fingerprint density at radius 1 is 0.677 bits per heavy atom. The van der Waals surface area contributed by atoms with Crippen LogP contribution >= 0.6 is 23.2 Å². The summed E-state index contributed by atoms with van der Waals surface area (Å²) < 4.78 is 9.35. The molecular weight excluding hydrogens is 540 g/mol. The molecule has 0 heterocycles. The number of hydrogen-bond acceptors (Lipinski definition) is 3. The van der Waals surface area contributed by atoms with Crippen LogP contribution in [0.25, 0.3) is 0 Å². The van der Waals surface area contributed by atoms with Gasteiger partial charge in [0.2, 0.25) is 0 Å². The Bertz CT molecular complexity index is 1090. The van der Waals surface area contributed by atoms with Crippen molar-refractivity contribution >= 4 is 58.4 Å². The van der Waals surface area contributed by atoms with Gasteiger partial charge >= 0.3 is 195 Å². The molecule has 154 valence electrons. The fraction of sp³-hybridized carbons (Fsp3) is 0. The van der Waals surface area contributed by atoms with Crippen molar-refractivity contribution in [3.05, 3.63) is 118 Å². The molecule has 0 radical (unpaired) electrons. The summed E-state index contributed by atoms with van der Waals surface area (Å²) in [6.07, 6.45) is 0. The van der Waals surface area contributed by atoms with Gasteiger partial charge in [-0.15, -0.1) is 0 Å². The molecule has 0 bridgehead atoms. The molecule has 0 aliphatic heterocycles. The van der Waals surface area contributed by atoms with E-state index in [1.807, 2.05) is 91.0 Å². The number of halogens is 2. The van der Waals surface area contributed by atoms with E-state index < -0.39 is 18.8 Å². The number of aromatic hydroxyl groups is 1. The zero-order valence-electron chi connectivity index (χ0n) is 16.3. The van der Waals surface area contributed by atoms with Gasteiger partial charge in [0.15, 0.2) is 0 Å². The first-order valence-electron chi connectivity index (χ1n) is 9.53. The summed E-state index contributed by atoms with van der Waals surface area (Å²) >= 11 is 7.81. The number of rotatable bonds is 6. The van der Waals surface area contributed by atoms with Crippen molar-refractivity contribution in [2.24, 2.45) is 0 Å². The summed E-state index contributed by atoms with van der Waals surface area (Å²) in [6, 6.07) is 32.2. The molecule has 4 rings (SSSR count). The van der Waals surface area contributed by atoms with Gasteiger partial charge in [-0.25, -0.2) is 0 Å². The Hall–Kier alpha value is -2.54. The molecule has 7 heteroatoms. The van der Waals surface area contributed by atoms with Crippen LogP contribution in [0.4, 0.5) is 5.69 Å². The molecule has 0 aliphatic rings. The molecule has 1 N–H and O–H groups in total. The van der Waals surface area contributed by atoms with E-state index in [0.717, 1.165) is 10.7 Å². The van der Waals surface area contributed by atoms with E-state index in [0.29, 0.717) is 4.92 Å². The minimum absolute atomic E-state index is 0.0214. The Balaban J connectivity index is 1.93. The monoisotopic (exact) mass is 558 g/mol. The van der Waals surface area contributed by atoms with E-state index in [-0.39, 0.29) is 21.5 Å². The first kappa shape index (κ1) is 21.7. The summed E-state index contributed by atoms with van der Waals surface area (Å²) in [5, 5.41) is 9.82. The molecule has 4 nitrogen and oxygen atoms in total. The van der Waals surface area contributed by atoms with Crippen molar-refractivity contribution < 1.29 is 13.2 Å². The molecule has 0 amide bonds. The normalized spacial score (nSPS) is 11.2. The Morgan fingerprint density at radius 3 is 1.39 bits per heavy atom. The van der Waals surface area contributed by atoms with Gasteiger partial charge in [-0.2, -0.15) is 0 Å². The Morgan fingerprint density at radius 2 is 1.03 bits per heavy atom. The van der Waals surface area contributed by atoms with Crippen LogP contribution in [0.15, 0.2) is 103 Å². The minimum atomic E-state index is -4.28. The van der Waals surface area contributed by atoms with Crippen molar-refractivity contribution in [1.82, 2.24) is 0 Å². The molecule has 0 aliphatic carbocycles. The van der Waals surface area contributed by atoms with Crippen molar-refractivity contribution in [3.8, 4) is 5.75 Å². The van der Waals surface area contributed by atoms with Gasteiger partial charge in [0, 0.05) is 0 Å². The standard InChI is InChI=1S/C6H3Cl2NO3.3C6H5.Sn/c7-4-1-3(9(11)12)2-5(8)6(4)10;3*1-2-4-6-5-3-1;/h1-2,10H;3*1-5H;/q;;;;+1. The van der Waals surface area contributed by atoms with Gasteiger partial charge in [0.1, 0.15) is 0 Å². The fourth-order valence-corrected chi connectivity index (χ4v) is 14.4. The number of phenols is 1. The van der Waals surface area contributed by atoms with Crippen LogP contribution in [-0.2, 0) is 3.17 Å². The van der Waals surface area contributed by atoms with E-state index in [1.54, 1.807) is 0 Å². The molecule has 0 saturated carbocycles. The van der Waals surface area contributed by atoms with Gasteiger partial charge in [-0.1, -0.05) is 0 Å². The van der Waals surface area contributed by atoms with E-state index in [4.69, 9.17) is 26.4 Å². The summed E-state index contributed by atoms with van der Waals surface area (Å²) in [6.45, 7) is 0. The molecular formula is C24H18Cl2NO3Sn+. The zero-order chi connectivity index (χ0) is 21.8. The summed E-state index contributed by atoms with van der Waals surface area (Å²) in [7, 11) is 0. The van der Waals surface area contributed by atoms with E-state index in [2.05, 4.69) is 0 Å². The fourth-order valence-electron chi connectivity index (χ4n) is 3.51. The van der Waals surface area contributed by atoms with Crippen LogP contribution in [0, 0.1) is 4.91 Å². The SMILES string of the molecule is O=[N+]([O][Sn]([c]1ccccc1)([c]1ccccc1)[c]1ccccc1)c1cc(Cl)c(O)c(Cl)c1. The molecule has 31 heavy (non-hydrogen) atoms. The Kier molecular flexibility index (Phi) is 6.51. The van der Waals surface area contributed by atoms with Crippen molar-refractivity contribution in [2.75, 3.05) is 0 Å². The van der Waals surface area contributed by atoms with Gasteiger partial charge in [0.25, 0.3) is 0 Å². The topological polar surface area (TPSA) is 49.5 Å².